The first-order chi connectivity index (χ1) is 9.58. The minimum atomic E-state index is -0.401. The third kappa shape index (κ3) is 3.51. The number of hydrogen-bond donors (Lipinski definition) is 1. The Labute approximate surface area is 124 Å². The Morgan fingerprint density at radius 3 is 2.80 bits per heavy atom. The number of nitrogens with one attached hydrogen (secondary N) is 1. The van der Waals surface area contributed by atoms with Crippen LogP contribution in [0, 0.1) is 12.7 Å². The van der Waals surface area contributed by atoms with Crippen LogP contribution in [0.3, 0.4) is 0 Å². The van der Waals surface area contributed by atoms with Crippen LogP contribution >= 0.6 is 15.9 Å². The molecule has 2 rings (SSSR count). The molecule has 0 fully saturated rings. The van der Waals surface area contributed by atoms with E-state index in [2.05, 4.69) is 26.5 Å². The van der Waals surface area contributed by atoms with Gasteiger partial charge in [-0.2, -0.15) is 5.10 Å². The molecule has 1 N–H and O–H groups in total. The zero-order valence-corrected chi connectivity index (χ0v) is 12.3. The quantitative estimate of drug-likeness (QED) is 0.675. The van der Waals surface area contributed by atoms with Crippen molar-refractivity contribution in [3.8, 4) is 0 Å². The van der Waals surface area contributed by atoms with Crippen molar-refractivity contribution in [3.05, 3.63) is 69.4 Å². The van der Waals surface area contributed by atoms with E-state index in [1.807, 2.05) is 19.1 Å². The number of nitrogens with zero attached hydrogens (tertiary/aromatic N) is 1. The van der Waals surface area contributed by atoms with Crippen molar-refractivity contribution in [2.45, 2.75) is 6.92 Å². The Morgan fingerprint density at radius 1 is 1.30 bits per heavy atom. The Morgan fingerprint density at radius 2 is 2.05 bits per heavy atom. The molecule has 1 amide bonds. The molecule has 2 aromatic carbocycles. The Bertz CT molecular complexity index is 671. The molecule has 0 saturated heterocycles. The van der Waals surface area contributed by atoms with Gasteiger partial charge in [-0.25, -0.2) is 9.82 Å². The monoisotopic (exact) mass is 334 g/mol. The number of halogens is 2. The maximum atomic E-state index is 13.5. The summed E-state index contributed by atoms with van der Waals surface area (Å²) in [5, 5.41) is 3.78. The smallest absolute Gasteiger partial charge is 0.267 e. The summed E-state index contributed by atoms with van der Waals surface area (Å²) in [5.41, 5.74) is 4.08. The van der Waals surface area contributed by atoms with Gasteiger partial charge >= 0.3 is 0 Å². The highest BCUT2D eigenvalue weighted by Gasteiger charge is 2.06. The third-order valence-corrected chi connectivity index (χ3v) is 3.21. The van der Waals surface area contributed by atoms with Crippen LogP contribution in [0.1, 0.15) is 21.5 Å². The summed E-state index contributed by atoms with van der Waals surface area (Å²) in [4.78, 5) is 11.9. The van der Waals surface area contributed by atoms with Gasteiger partial charge in [-0.3, -0.25) is 4.79 Å². The number of carbonyl (C=O) groups excluding carboxylic acids is 1. The standard InChI is InChI=1S/C15H12BrFN2O/c1-10-4-2-3-5-13(10)15(20)19-18-9-11-8-12(16)6-7-14(11)17/h2-9H,1H3,(H,19,20)/b18-9-. The lowest BCUT2D eigenvalue weighted by molar-refractivity contribution is 0.0954. The number of benzene rings is 2. The molecule has 0 bridgehead atoms. The van der Waals surface area contributed by atoms with Gasteiger partial charge in [0.2, 0.25) is 0 Å². The number of amides is 1. The normalized spacial score (nSPS) is 10.8. The van der Waals surface area contributed by atoms with E-state index in [-0.39, 0.29) is 5.91 Å². The van der Waals surface area contributed by atoms with Gasteiger partial charge in [-0.1, -0.05) is 34.1 Å². The summed E-state index contributed by atoms with van der Waals surface area (Å²) in [6.07, 6.45) is 1.27. The van der Waals surface area contributed by atoms with Crippen LogP contribution in [0.2, 0.25) is 0 Å². The summed E-state index contributed by atoms with van der Waals surface area (Å²) >= 11 is 3.25. The second-order valence-corrected chi connectivity index (χ2v) is 5.10. The van der Waals surface area contributed by atoms with Crippen molar-refractivity contribution in [2.24, 2.45) is 5.10 Å². The number of carbonyl (C=O) groups is 1. The molecule has 0 atom stereocenters. The fourth-order valence-corrected chi connectivity index (χ4v) is 2.04. The number of aryl methyl sites for hydroxylation is 1. The highest BCUT2D eigenvalue weighted by atomic mass is 79.9. The van der Waals surface area contributed by atoms with E-state index in [0.717, 1.165) is 10.0 Å². The highest BCUT2D eigenvalue weighted by molar-refractivity contribution is 9.10. The van der Waals surface area contributed by atoms with Crippen LogP contribution in [0.5, 0.6) is 0 Å². The van der Waals surface area contributed by atoms with Gasteiger partial charge in [0.25, 0.3) is 5.91 Å². The SMILES string of the molecule is Cc1ccccc1C(=O)N/N=C\c1cc(Br)ccc1F. The van der Waals surface area contributed by atoms with Gasteiger partial charge in [0.1, 0.15) is 5.82 Å². The minimum Gasteiger partial charge on any atom is -0.267 e. The van der Waals surface area contributed by atoms with E-state index in [1.165, 1.54) is 12.3 Å². The van der Waals surface area contributed by atoms with E-state index in [0.29, 0.717) is 11.1 Å². The molecule has 0 radical (unpaired) electrons. The maximum absolute atomic E-state index is 13.5. The van der Waals surface area contributed by atoms with Gasteiger partial charge in [0.15, 0.2) is 0 Å². The van der Waals surface area contributed by atoms with Crippen molar-refractivity contribution in [3.63, 3.8) is 0 Å². The van der Waals surface area contributed by atoms with E-state index in [4.69, 9.17) is 0 Å². The van der Waals surface area contributed by atoms with Crippen LogP contribution in [0.15, 0.2) is 52.0 Å². The third-order valence-electron chi connectivity index (χ3n) is 2.72. The van der Waals surface area contributed by atoms with Crippen molar-refractivity contribution >= 4 is 28.1 Å². The molecule has 102 valence electrons. The number of rotatable bonds is 3. The van der Waals surface area contributed by atoms with Gasteiger partial charge < -0.3 is 0 Å². The molecule has 20 heavy (non-hydrogen) atoms. The molecule has 5 heteroatoms. The molecule has 0 spiro atoms. The molecular formula is C15H12BrFN2O. The predicted octanol–water partition coefficient (Wildman–Crippen LogP) is 3.66. The molecular weight excluding hydrogens is 323 g/mol. The molecule has 2 aromatic rings. The van der Waals surface area contributed by atoms with Gasteiger partial charge in [0.05, 0.1) is 6.21 Å². The summed E-state index contributed by atoms with van der Waals surface area (Å²) in [6, 6.07) is 11.7. The first-order valence-electron chi connectivity index (χ1n) is 5.92. The molecule has 0 heterocycles. The minimum absolute atomic E-state index is 0.296. The fourth-order valence-electron chi connectivity index (χ4n) is 1.66. The summed E-state index contributed by atoms with van der Waals surface area (Å²) in [6.45, 7) is 1.84. The summed E-state index contributed by atoms with van der Waals surface area (Å²) < 4.78 is 14.2. The van der Waals surface area contributed by atoms with E-state index in [1.54, 1.807) is 24.3 Å². The number of hydrazone groups is 1. The van der Waals surface area contributed by atoms with Crippen LogP contribution in [-0.2, 0) is 0 Å². The first-order valence-corrected chi connectivity index (χ1v) is 6.71. The lowest BCUT2D eigenvalue weighted by Crippen LogP contribution is -2.18. The van der Waals surface area contributed by atoms with Crippen LogP contribution < -0.4 is 5.43 Å². The lowest BCUT2D eigenvalue weighted by atomic mass is 10.1. The largest absolute Gasteiger partial charge is 0.271 e. The van der Waals surface area contributed by atoms with Crippen molar-refractivity contribution in [1.82, 2.24) is 5.43 Å². The van der Waals surface area contributed by atoms with Crippen molar-refractivity contribution < 1.29 is 9.18 Å². The van der Waals surface area contributed by atoms with E-state index >= 15 is 0 Å². The molecule has 0 aromatic heterocycles. The highest BCUT2D eigenvalue weighted by Crippen LogP contribution is 2.13. The topological polar surface area (TPSA) is 41.5 Å². The van der Waals surface area contributed by atoms with E-state index in [9.17, 15) is 9.18 Å². The first kappa shape index (κ1) is 14.4. The van der Waals surface area contributed by atoms with Crippen molar-refractivity contribution in [2.75, 3.05) is 0 Å². The molecule has 0 aliphatic carbocycles. The molecule has 0 aliphatic rings. The van der Waals surface area contributed by atoms with Crippen LogP contribution in [0.25, 0.3) is 0 Å². The average Bonchev–Trinajstić information content (AvgIpc) is 2.43. The zero-order chi connectivity index (χ0) is 14.5. The molecule has 0 aliphatic heterocycles. The van der Waals surface area contributed by atoms with Gasteiger partial charge in [-0.05, 0) is 36.8 Å². The maximum Gasteiger partial charge on any atom is 0.271 e. The fraction of sp³-hybridized carbons (Fsp3) is 0.0667. The van der Waals surface area contributed by atoms with E-state index < -0.39 is 5.82 Å². The second kappa shape index (κ2) is 6.43. The Hall–Kier alpha value is -2.01. The molecule has 3 nitrogen and oxygen atoms in total. The van der Waals surface area contributed by atoms with Gasteiger partial charge in [-0.15, -0.1) is 0 Å². The van der Waals surface area contributed by atoms with Gasteiger partial charge in [0, 0.05) is 15.6 Å². The van der Waals surface area contributed by atoms with Crippen LogP contribution in [-0.4, -0.2) is 12.1 Å². The summed E-state index contributed by atoms with van der Waals surface area (Å²) in [5.74, 6) is -0.725. The van der Waals surface area contributed by atoms with Crippen molar-refractivity contribution in [1.29, 1.82) is 0 Å². The molecule has 0 unspecified atom stereocenters. The average molecular weight is 335 g/mol. The zero-order valence-electron chi connectivity index (χ0n) is 10.7. The second-order valence-electron chi connectivity index (χ2n) is 4.18. The summed E-state index contributed by atoms with van der Waals surface area (Å²) in [7, 11) is 0. The number of hydrogen-bond acceptors (Lipinski definition) is 2. The van der Waals surface area contributed by atoms with Crippen LogP contribution in [0.4, 0.5) is 4.39 Å². The Kier molecular flexibility index (Phi) is 4.63. The predicted molar refractivity (Wildman–Crippen MR) is 80.3 cm³/mol. The molecule has 0 saturated carbocycles. The Balaban J connectivity index is 2.09. The lowest BCUT2D eigenvalue weighted by Gasteiger charge is -2.03.